The minimum absolute atomic E-state index is 0.00674. The van der Waals surface area contributed by atoms with E-state index in [0.717, 1.165) is 25.7 Å². The van der Waals surface area contributed by atoms with Crippen LogP contribution < -0.4 is 21.7 Å². The number of carbonyl (C=O) groups is 3. The minimum atomic E-state index is -0.690. The van der Waals surface area contributed by atoms with Gasteiger partial charge in [-0.1, -0.05) is 36.0 Å². The lowest BCUT2D eigenvalue weighted by Crippen LogP contribution is -2.52. The average Bonchev–Trinajstić information content (AvgIpc) is 3.45. The summed E-state index contributed by atoms with van der Waals surface area (Å²) in [6.45, 7) is 0.915. The van der Waals surface area contributed by atoms with Gasteiger partial charge in [-0.05, 0) is 37.7 Å². The molecule has 0 aromatic carbocycles. The Morgan fingerprint density at radius 2 is 1.97 bits per heavy atom. The van der Waals surface area contributed by atoms with Crippen LogP contribution in [0.15, 0.2) is 6.07 Å². The Hall–Kier alpha value is -1.77. The SMILES string of the molecule is NC[C@H](C[C@@H]1CCCNC1=O)NC(=O)[C@H](CC1CC1)NC(=O)c1cc(Cl)c(Cl)[nH]1. The second-order valence-electron chi connectivity index (χ2n) is 7.86. The largest absolute Gasteiger partial charge is 0.356 e. The first-order valence-electron chi connectivity index (χ1n) is 10.0. The third-order valence-corrected chi connectivity index (χ3v) is 6.15. The number of halogens is 2. The van der Waals surface area contributed by atoms with Gasteiger partial charge in [0.2, 0.25) is 11.8 Å². The zero-order valence-corrected chi connectivity index (χ0v) is 17.6. The highest BCUT2D eigenvalue weighted by molar-refractivity contribution is 6.41. The van der Waals surface area contributed by atoms with Gasteiger partial charge in [-0.2, -0.15) is 0 Å². The molecule has 1 aliphatic heterocycles. The molecule has 2 fully saturated rings. The van der Waals surface area contributed by atoms with E-state index in [0.29, 0.717) is 25.3 Å². The average molecular weight is 444 g/mol. The molecule has 0 radical (unpaired) electrons. The molecule has 0 bridgehead atoms. The quantitative estimate of drug-likeness (QED) is 0.396. The highest BCUT2D eigenvalue weighted by Crippen LogP contribution is 2.33. The fraction of sp³-hybridized carbons (Fsp3) is 0.632. The number of aromatic nitrogens is 1. The topological polar surface area (TPSA) is 129 Å². The van der Waals surface area contributed by atoms with Gasteiger partial charge in [-0.25, -0.2) is 0 Å². The molecule has 6 N–H and O–H groups in total. The van der Waals surface area contributed by atoms with Crippen LogP contribution in [0.25, 0.3) is 0 Å². The summed E-state index contributed by atoms with van der Waals surface area (Å²) in [7, 11) is 0. The lowest BCUT2D eigenvalue weighted by atomic mass is 9.91. The van der Waals surface area contributed by atoms with Crippen molar-refractivity contribution < 1.29 is 14.4 Å². The third-order valence-electron chi connectivity index (χ3n) is 5.46. The Labute approximate surface area is 179 Å². The molecule has 1 aromatic rings. The molecule has 0 spiro atoms. The number of H-pyrrole nitrogens is 1. The molecule has 29 heavy (non-hydrogen) atoms. The fourth-order valence-corrected chi connectivity index (χ4v) is 3.91. The van der Waals surface area contributed by atoms with Crippen LogP contribution in [0.1, 0.15) is 49.0 Å². The number of aromatic amines is 1. The maximum atomic E-state index is 12.9. The Balaban J connectivity index is 1.61. The standard InChI is InChI=1S/C19H27Cl2N5O3/c20-13-8-15(25-16(13)21)19(29)26-14(6-10-3-4-10)18(28)24-12(9-22)7-11-2-1-5-23-17(11)27/h8,10-12,14,25H,1-7,9,22H2,(H,23,27)(H,24,28)(H,26,29)/t11-,12-,14-/m0/s1. The molecule has 3 atom stereocenters. The van der Waals surface area contributed by atoms with E-state index in [2.05, 4.69) is 20.9 Å². The van der Waals surface area contributed by atoms with Crippen molar-refractivity contribution in [3.05, 3.63) is 21.9 Å². The Morgan fingerprint density at radius 1 is 1.21 bits per heavy atom. The van der Waals surface area contributed by atoms with E-state index in [-0.39, 0.29) is 46.2 Å². The smallest absolute Gasteiger partial charge is 0.268 e. The molecule has 1 aromatic heterocycles. The summed E-state index contributed by atoms with van der Waals surface area (Å²) in [4.78, 5) is 40.1. The van der Waals surface area contributed by atoms with E-state index in [1.807, 2.05) is 0 Å². The maximum Gasteiger partial charge on any atom is 0.268 e. The van der Waals surface area contributed by atoms with Gasteiger partial charge in [0.05, 0.1) is 5.02 Å². The first-order valence-corrected chi connectivity index (χ1v) is 10.8. The first kappa shape index (κ1) is 21.9. The molecular formula is C19H27Cl2N5O3. The van der Waals surface area contributed by atoms with Crippen LogP contribution in [-0.2, 0) is 9.59 Å². The number of hydrogen-bond donors (Lipinski definition) is 5. The van der Waals surface area contributed by atoms with Gasteiger partial charge in [-0.15, -0.1) is 0 Å². The number of nitrogens with two attached hydrogens (primary N) is 1. The van der Waals surface area contributed by atoms with E-state index in [4.69, 9.17) is 28.9 Å². The van der Waals surface area contributed by atoms with Gasteiger partial charge in [0.1, 0.15) is 16.9 Å². The number of amides is 3. The van der Waals surface area contributed by atoms with Crippen LogP contribution in [0.5, 0.6) is 0 Å². The fourth-order valence-electron chi connectivity index (χ4n) is 3.60. The molecular weight excluding hydrogens is 417 g/mol. The van der Waals surface area contributed by atoms with Crippen molar-refractivity contribution in [2.24, 2.45) is 17.6 Å². The summed E-state index contributed by atoms with van der Waals surface area (Å²) in [5.74, 6) is -0.469. The highest BCUT2D eigenvalue weighted by Gasteiger charge is 2.33. The van der Waals surface area contributed by atoms with Crippen molar-refractivity contribution in [3.63, 3.8) is 0 Å². The molecule has 10 heteroatoms. The zero-order valence-electron chi connectivity index (χ0n) is 16.1. The lowest BCUT2D eigenvalue weighted by molar-refractivity contribution is -0.128. The molecule has 2 aliphatic rings. The molecule has 2 heterocycles. The molecule has 1 saturated heterocycles. The summed E-state index contributed by atoms with van der Waals surface area (Å²) in [5, 5.41) is 8.96. The second-order valence-corrected chi connectivity index (χ2v) is 8.64. The Morgan fingerprint density at radius 3 is 2.55 bits per heavy atom. The van der Waals surface area contributed by atoms with Crippen molar-refractivity contribution in [1.29, 1.82) is 0 Å². The molecule has 8 nitrogen and oxygen atoms in total. The van der Waals surface area contributed by atoms with Gasteiger partial charge in [0, 0.05) is 25.0 Å². The summed E-state index contributed by atoms with van der Waals surface area (Å²) >= 11 is 11.8. The normalized spacial score (nSPS) is 21.2. The van der Waals surface area contributed by atoms with E-state index >= 15 is 0 Å². The maximum absolute atomic E-state index is 12.9. The molecule has 1 saturated carbocycles. The van der Waals surface area contributed by atoms with E-state index in [1.54, 1.807) is 0 Å². The lowest BCUT2D eigenvalue weighted by Gasteiger charge is -2.27. The minimum Gasteiger partial charge on any atom is -0.356 e. The van der Waals surface area contributed by atoms with Crippen LogP contribution >= 0.6 is 23.2 Å². The van der Waals surface area contributed by atoms with E-state index in [1.165, 1.54) is 6.07 Å². The van der Waals surface area contributed by atoms with Gasteiger partial charge in [0.15, 0.2) is 0 Å². The summed E-state index contributed by atoms with van der Waals surface area (Å²) in [6.07, 6.45) is 4.84. The number of nitrogens with one attached hydrogen (secondary N) is 4. The summed E-state index contributed by atoms with van der Waals surface area (Å²) in [5.41, 5.74) is 6.04. The zero-order chi connectivity index (χ0) is 21.0. The third kappa shape index (κ3) is 6.10. The Bertz CT molecular complexity index is 746. The summed E-state index contributed by atoms with van der Waals surface area (Å²) in [6, 6.07) is 0.407. The molecule has 160 valence electrons. The van der Waals surface area contributed by atoms with Crippen molar-refractivity contribution >= 4 is 40.9 Å². The second kappa shape index (κ2) is 9.82. The van der Waals surface area contributed by atoms with E-state index in [9.17, 15) is 14.4 Å². The first-order chi connectivity index (χ1) is 13.9. The monoisotopic (exact) mass is 443 g/mol. The van der Waals surface area contributed by atoms with Crippen LogP contribution in [0.4, 0.5) is 0 Å². The number of carbonyl (C=O) groups excluding carboxylic acids is 3. The van der Waals surface area contributed by atoms with Gasteiger partial charge in [0.25, 0.3) is 5.91 Å². The van der Waals surface area contributed by atoms with Crippen LogP contribution in [0, 0.1) is 11.8 Å². The van der Waals surface area contributed by atoms with Crippen molar-refractivity contribution in [3.8, 4) is 0 Å². The van der Waals surface area contributed by atoms with Crippen molar-refractivity contribution in [1.82, 2.24) is 20.9 Å². The Kier molecular flexibility index (Phi) is 7.43. The van der Waals surface area contributed by atoms with Crippen LogP contribution in [0.3, 0.4) is 0 Å². The molecule has 3 rings (SSSR count). The van der Waals surface area contributed by atoms with Crippen LogP contribution in [0.2, 0.25) is 10.2 Å². The molecule has 0 unspecified atom stereocenters. The molecule has 3 amide bonds. The van der Waals surface area contributed by atoms with Crippen molar-refractivity contribution in [2.45, 2.75) is 50.6 Å². The number of rotatable bonds is 9. The summed E-state index contributed by atoms with van der Waals surface area (Å²) < 4.78 is 0. The highest BCUT2D eigenvalue weighted by atomic mass is 35.5. The van der Waals surface area contributed by atoms with Gasteiger partial charge >= 0.3 is 0 Å². The predicted octanol–water partition coefficient (Wildman–Crippen LogP) is 1.58. The number of piperidine rings is 1. The van der Waals surface area contributed by atoms with Crippen molar-refractivity contribution in [2.75, 3.05) is 13.1 Å². The van der Waals surface area contributed by atoms with Gasteiger partial charge < -0.3 is 26.7 Å². The number of hydrogen-bond acceptors (Lipinski definition) is 4. The van der Waals surface area contributed by atoms with Gasteiger partial charge in [-0.3, -0.25) is 14.4 Å². The predicted molar refractivity (Wildman–Crippen MR) is 111 cm³/mol. The van der Waals surface area contributed by atoms with E-state index < -0.39 is 11.9 Å². The molecule has 1 aliphatic carbocycles. The van der Waals surface area contributed by atoms with Crippen LogP contribution in [-0.4, -0.2) is 47.9 Å².